The number of aryl methyl sites for hydroxylation is 1. The summed E-state index contributed by atoms with van der Waals surface area (Å²) in [6.07, 6.45) is 2.06. The molecule has 0 aliphatic heterocycles. The molecule has 2 aromatic rings. The number of halogens is 2. The summed E-state index contributed by atoms with van der Waals surface area (Å²) < 4.78 is 8.58. The first kappa shape index (κ1) is 24.8. The molecule has 28 heavy (non-hydrogen) atoms. The third kappa shape index (κ3) is 6.66. The maximum atomic E-state index is 5.37. The zero-order chi connectivity index (χ0) is 20.0. The first-order chi connectivity index (χ1) is 12.8. The maximum Gasteiger partial charge on any atom is 0.193 e. The van der Waals surface area contributed by atoms with Gasteiger partial charge in [-0.2, -0.15) is 0 Å². The predicted octanol–water partition coefficient (Wildman–Crippen LogP) is 3.72. The molecule has 0 saturated carbocycles. The van der Waals surface area contributed by atoms with Crippen LogP contribution in [0.3, 0.4) is 0 Å². The lowest BCUT2D eigenvalue weighted by atomic mass is 10.1. The van der Waals surface area contributed by atoms with Gasteiger partial charge in [-0.1, -0.05) is 12.1 Å². The van der Waals surface area contributed by atoms with E-state index in [0.29, 0.717) is 0 Å². The van der Waals surface area contributed by atoms with Crippen LogP contribution >= 0.6 is 39.9 Å². The molecule has 1 atom stereocenters. The minimum atomic E-state index is 0. The Hall–Kier alpha value is -1.26. The van der Waals surface area contributed by atoms with E-state index in [0.717, 1.165) is 29.3 Å². The summed E-state index contributed by atoms with van der Waals surface area (Å²) in [5, 5.41) is 3.51. The molecule has 8 heteroatoms. The summed E-state index contributed by atoms with van der Waals surface area (Å²) in [6, 6.07) is 10.5. The van der Waals surface area contributed by atoms with Gasteiger partial charge in [0.25, 0.3) is 0 Å². The van der Waals surface area contributed by atoms with Crippen molar-refractivity contribution in [1.29, 1.82) is 0 Å². The number of hydrogen-bond donors (Lipinski definition) is 1. The number of nitrogens with zero attached hydrogens (tertiary/aromatic N) is 4. The van der Waals surface area contributed by atoms with Gasteiger partial charge in [0.05, 0.1) is 19.7 Å². The highest BCUT2D eigenvalue weighted by Crippen LogP contribution is 2.22. The van der Waals surface area contributed by atoms with E-state index in [1.54, 1.807) is 7.11 Å². The summed E-state index contributed by atoms with van der Waals surface area (Å²) >= 11 is 3.53. The van der Waals surface area contributed by atoms with Gasteiger partial charge in [-0.3, -0.25) is 4.99 Å². The van der Waals surface area contributed by atoms with Crippen molar-refractivity contribution in [2.45, 2.75) is 12.6 Å². The number of likely N-dealkylation sites (N-methyl/N-ethyl adjacent to an activating group) is 1. The Bertz CT molecular complexity index is 778. The lowest BCUT2D eigenvalue weighted by Crippen LogP contribution is -2.42. The second kappa shape index (κ2) is 11.7. The van der Waals surface area contributed by atoms with Crippen molar-refractivity contribution >= 4 is 45.9 Å². The lowest BCUT2D eigenvalue weighted by Gasteiger charge is -2.28. The van der Waals surface area contributed by atoms with Crippen molar-refractivity contribution in [1.82, 2.24) is 19.7 Å². The van der Waals surface area contributed by atoms with E-state index < -0.39 is 0 Å². The number of guanidine groups is 1. The van der Waals surface area contributed by atoms with Gasteiger partial charge in [0, 0.05) is 44.1 Å². The molecule has 0 aliphatic carbocycles. The molecule has 0 radical (unpaired) electrons. The summed E-state index contributed by atoms with van der Waals surface area (Å²) in [4.78, 5) is 8.77. The Balaban J connectivity index is 0.00000392. The summed E-state index contributed by atoms with van der Waals surface area (Å²) in [5.41, 5.74) is 2.42. The van der Waals surface area contributed by atoms with Crippen LogP contribution in [-0.4, -0.2) is 62.2 Å². The molecular formula is C20H31BrIN5O. The number of aromatic nitrogens is 1. The standard InChI is InChI=1S/C20H30BrN5O.HI/c1-22-20(26(5)14-17-11-16(21)13-25(17)4)23-12-19(24(2)3)15-8-7-9-18(10-15)27-6;/h7-11,13,19H,12,14H2,1-6H3,(H,22,23);1H. The van der Waals surface area contributed by atoms with Crippen LogP contribution in [0.1, 0.15) is 17.3 Å². The second-order valence-corrected chi connectivity index (χ2v) is 7.72. The number of methoxy groups -OCH3 is 1. The Kier molecular flexibility index (Phi) is 10.3. The number of ether oxygens (including phenoxy) is 1. The second-order valence-electron chi connectivity index (χ2n) is 6.80. The normalized spacial score (nSPS) is 12.5. The van der Waals surface area contributed by atoms with E-state index in [9.17, 15) is 0 Å². The monoisotopic (exact) mass is 563 g/mol. The van der Waals surface area contributed by atoms with Crippen LogP contribution in [0.25, 0.3) is 0 Å². The van der Waals surface area contributed by atoms with Crippen molar-refractivity contribution in [3.63, 3.8) is 0 Å². The number of aliphatic imine (C=N–C) groups is 1. The molecule has 0 saturated heterocycles. The third-order valence-corrected chi connectivity index (χ3v) is 5.04. The predicted molar refractivity (Wildman–Crippen MR) is 131 cm³/mol. The number of rotatable bonds is 7. The van der Waals surface area contributed by atoms with Crippen molar-refractivity contribution in [2.24, 2.45) is 12.0 Å². The van der Waals surface area contributed by atoms with Crippen molar-refractivity contribution in [3.8, 4) is 5.75 Å². The van der Waals surface area contributed by atoms with Crippen molar-refractivity contribution in [3.05, 3.63) is 52.3 Å². The highest BCUT2D eigenvalue weighted by Gasteiger charge is 2.17. The molecule has 6 nitrogen and oxygen atoms in total. The fourth-order valence-electron chi connectivity index (χ4n) is 3.06. The molecule has 1 N–H and O–H groups in total. The molecule has 2 rings (SSSR count). The van der Waals surface area contributed by atoms with E-state index in [4.69, 9.17) is 4.74 Å². The van der Waals surface area contributed by atoms with Crippen LogP contribution in [-0.2, 0) is 13.6 Å². The zero-order valence-electron chi connectivity index (χ0n) is 17.4. The molecular weight excluding hydrogens is 533 g/mol. The minimum Gasteiger partial charge on any atom is -0.497 e. The zero-order valence-corrected chi connectivity index (χ0v) is 21.4. The molecule has 1 unspecified atom stereocenters. The average Bonchev–Trinajstić information content (AvgIpc) is 2.95. The molecule has 0 amide bonds. The van der Waals surface area contributed by atoms with Gasteiger partial charge < -0.3 is 24.4 Å². The van der Waals surface area contributed by atoms with Crippen LogP contribution in [0, 0.1) is 0 Å². The van der Waals surface area contributed by atoms with Gasteiger partial charge in [0.15, 0.2) is 5.96 Å². The summed E-state index contributed by atoms with van der Waals surface area (Å²) in [7, 11) is 11.8. The molecule has 0 fully saturated rings. The molecule has 1 aromatic carbocycles. The largest absolute Gasteiger partial charge is 0.497 e. The summed E-state index contributed by atoms with van der Waals surface area (Å²) in [6.45, 7) is 1.52. The number of hydrogen-bond acceptors (Lipinski definition) is 3. The van der Waals surface area contributed by atoms with Gasteiger partial charge in [0.1, 0.15) is 5.75 Å². The molecule has 1 heterocycles. The highest BCUT2D eigenvalue weighted by molar-refractivity contribution is 14.0. The van der Waals surface area contributed by atoms with E-state index in [2.05, 4.69) is 86.1 Å². The van der Waals surface area contributed by atoms with Gasteiger partial charge in [-0.15, -0.1) is 24.0 Å². The molecule has 0 aliphatic rings. The fraction of sp³-hybridized carbons (Fsp3) is 0.450. The van der Waals surface area contributed by atoms with E-state index in [1.165, 1.54) is 11.3 Å². The lowest BCUT2D eigenvalue weighted by molar-refractivity contribution is 0.294. The maximum absolute atomic E-state index is 5.37. The van der Waals surface area contributed by atoms with Gasteiger partial charge in [0.2, 0.25) is 0 Å². The fourth-order valence-corrected chi connectivity index (χ4v) is 3.63. The van der Waals surface area contributed by atoms with Crippen LogP contribution in [0.15, 0.2) is 46.0 Å². The van der Waals surface area contributed by atoms with E-state index in [1.807, 2.05) is 26.2 Å². The molecule has 1 aromatic heterocycles. The molecule has 156 valence electrons. The molecule has 0 spiro atoms. The van der Waals surface area contributed by atoms with E-state index >= 15 is 0 Å². The van der Waals surface area contributed by atoms with Crippen LogP contribution in [0.5, 0.6) is 5.75 Å². The van der Waals surface area contributed by atoms with E-state index in [-0.39, 0.29) is 30.0 Å². The number of benzene rings is 1. The van der Waals surface area contributed by atoms with Gasteiger partial charge >= 0.3 is 0 Å². The quantitative estimate of drug-likeness (QED) is 0.317. The Morgan fingerprint density at radius 3 is 2.54 bits per heavy atom. The Morgan fingerprint density at radius 2 is 2.00 bits per heavy atom. The Labute approximate surface area is 194 Å². The van der Waals surface area contributed by atoms with Crippen LogP contribution < -0.4 is 10.1 Å². The first-order valence-electron chi connectivity index (χ1n) is 8.88. The topological polar surface area (TPSA) is 45.0 Å². The van der Waals surface area contributed by atoms with Gasteiger partial charge in [-0.25, -0.2) is 0 Å². The van der Waals surface area contributed by atoms with Gasteiger partial charge in [-0.05, 0) is 53.8 Å². The van der Waals surface area contributed by atoms with Crippen molar-refractivity contribution < 1.29 is 4.74 Å². The minimum absolute atomic E-state index is 0. The average molecular weight is 564 g/mol. The van der Waals surface area contributed by atoms with Crippen molar-refractivity contribution in [2.75, 3.05) is 41.8 Å². The Morgan fingerprint density at radius 1 is 1.29 bits per heavy atom. The van der Waals surface area contributed by atoms with Crippen LogP contribution in [0.2, 0.25) is 0 Å². The SMILES string of the molecule is CN=C(NCC(c1cccc(OC)c1)N(C)C)N(C)Cc1cc(Br)cn1C.I. The molecule has 0 bridgehead atoms. The number of nitrogens with one attached hydrogen (secondary N) is 1. The summed E-state index contributed by atoms with van der Waals surface area (Å²) in [5.74, 6) is 1.73. The smallest absolute Gasteiger partial charge is 0.193 e. The first-order valence-corrected chi connectivity index (χ1v) is 9.68. The van der Waals surface area contributed by atoms with Crippen LogP contribution in [0.4, 0.5) is 0 Å². The highest BCUT2D eigenvalue weighted by atomic mass is 127. The third-order valence-electron chi connectivity index (χ3n) is 4.60.